The molecule has 6 nitrogen and oxygen atoms in total. The summed E-state index contributed by atoms with van der Waals surface area (Å²) >= 11 is 0. The second-order valence-corrected chi connectivity index (χ2v) is 7.43. The van der Waals surface area contributed by atoms with Gasteiger partial charge in [-0.3, -0.25) is 4.79 Å². The van der Waals surface area contributed by atoms with E-state index in [9.17, 15) is 13.2 Å². The standard InChI is InChI=1S/C15H22N2O4S/c1-13-6-3-4-7-14(13)21-12-15(18)16-8-5-9-17(11-10-16)22(2,19)20/h3-4,6-7H,5,8-12H2,1-2H3. The van der Waals surface area contributed by atoms with Crippen LogP contribution in [0.15, 0.2) is 24.3 Å². The fraction of sp³-hybridized carbons (Fsp3) is 0.533. The summed E-state index contributed by atoms with van der Waals surface area (Å²) in [7, 11) is -3.20. The summed E-state index contributed by atoms with van der Waals surface area (Å²) in [5.74, 6) is 0.585. The molecule has 0 atom stereocenters. The van der Waals surface area contributed by atoms with Crippen LogP contribution in [0.2, 0.25) is 0 Å². The van der Waals surface area contributed by atoms with Gasteiger partial charge in [0.25, 0.3) is 5.91 Å². The van der Waals surface area contributed by atoms with Crippen LogP contribution in [0.4, 0.5) is 0 Å². The van der Waals surface area contributed by atoms with Gasteiger partial charge in [0.15, 0.2) is 6.61 Å². The Balaban J connectivity index is 1.89. The largest absolute Gasteiger partial charge is 0.484 e. The van der Waals surface area contributed by atoms with Crippen molar-refractivity contribution in [2.24, 2.45) is 0 Å². The van der Waals surface area contributed by atoms with E-state index in [1.165, 1.54) is 10.6 Å². The van der Waals surface area contributed by atoms with Crippen molar-refractivity contribution in [3.8, 4) is 5.75 Å². The van der Waals surface area contributed by atoms with E-state index in [1.807, 2.05) is 31.2 Å². The third-order valence-corrected chi connectivity index (χ3v) is 5.02. The fourth-order valence-corrected chi connectivity index (χ4v) is 3.30. The highest BCUT2D eigenvalue weighted by molar-refractivity contribution is 7.88. The number of hydrogen-bond donors (Lipinski definition) is 0. The van der Waals surface area contributed by atoms with Crippen molar-refractivity contribution >= 4 is 15.9 Å². The van der Waals surface area contributed by atoms with Crippen LogP contribution in [0, 0.1) is 6.92 Å². The van der Waals surface area contributed by atoms with E-state index in [0.29, 0.717) is 38.3 Å². The Morgan fingerprint density at radius 1 is 1.18 bits per heavy atom. The maximum absolute atomic E-state index is 12.2. The molecule has 0 aromatic heterocycles. The highest BCUT2D eigenvalue weighted by atomic mass is 32.2. The molecule has 1 aliphatic heterocycles. The van der Waals surface area contributed by atoms with Gasteiger partial charge < -0.3 is 9.64 Å². The molecule has 1 saturated heterocycles. The third kappa shape index (κ3) is 4.45. The van der Waals surface area contributed by atoms with Gasteiger partial charge >= 0.3 is 0 Å². The van der Waals surface area contributed by atoms with Crippen LogP contribution in [-0.4, -0.2) is 62.6 Å². The monoisotopic (exact) mass is 326 g/mol. The van der Waals surface area contributed by atoms with Crippen LogP contribution in [0.25, 0.3) is 0 Å². The minimum atomic E-state index is -3.20. The third-order valence-electron chi connectivity index (χ3n) is 3.72. The number of carbonyl (C=O) groups is 1. The molecular weight excluding hydrogens is 304 g/mol. The predicted octanol–water partition coefficient (Wildman–Crippen LogP) is 0.868. The van der Waals surface area contributed by atoms with Gasteiger partial charge in [0.1, 0.15) is 5.75 Å². The van der Waals surface area contributed by atoms with Gasteiger partial charge in [0.05, 0.1) is 6.26 Å². The van der Waals surface area contributed by atoms with Crippen molar-refractivity contribution in [3.63, 3.8) is 0 Å². The Morgan fingerprint density at radius 2 is 1.91 bits per heavy atom. The van der Waals surface area contributed by atoms with E-state index < -0.39 is 10.0 Å². The van der Waals surface area contributed by atoms with E-state index in [2.05, 4.69) is 0 Å². The summed E-state index contributed by atoms with van der Waals surface area (Å²) in [5.41, 5.74) is 0.981. The lowest BCUT2D eigenvalue weighted by Gasteiger charge is -2.21. The number of rotatable bonds is 4. The quantitative estimate of drug-likeness (QED) is 0.823. The molecule has 0 unspecified atom stereocenters. The van der Waals surface area contributed by atoms with Gasteiger partial charge in [-0.1, -0.05) is 18.2 Å². The van der Waals surface area contributed by atoms with Gasteiger partial charge in [-0.2, -0.15) is 0 Å². The minimum absolute atomic E-state index is 0.0241. The number of ether oxygens (including phenoxy) is 1. The normalized spacial score (nSPS) is 17.1. The zero-order chi connectivity index (χ0) is 16.2. The van der Waals surface area contributed by atoms with E-state index in [4.69, 9.17) is 4.74 Å². The average molecular weight is 326 g/mol. The fourth-order valence-electron chi connectivity index (χ4n) is 2.42. The Hall–Kier alpha value is -1.60. The zero-order valence-electron chi connectivity index (χ0n) is 13.0. The van der Waals surface area contributed by atoms with Crippen LogP contribution in [-0.2, 0) is 14.8 Å². The highest BCUT2D eigenvalue weighted by Crippen LogP contribution is 2.16. The van der Waals surface area contributed by atoms with Crippen LogP contribution < -0.4 is 4.74 Å². The first-order valence-corrected chi connectivity index (χ1v) is 9.14. The van der Waals surface area contributed by atoms with E-state index in [0.717, 1.165) is 5.56 Å². The summed E-state index contributed by atoms with van der Waals surface area (Å²) in [4.78, 5) is 13.9. The number of hydrogen-bond acceptors (Lipinski definition) is 4. The lowest BCUT2D eigenvalue weighted by molar-refractivity contribution is -0.133. The molecule has 1 amide bonds. The molecule has 1 fully saturated rings. The van der Waals surface area contributed by atoms with Crippen molar-refractivity contribution in [3.05, 3.63) is 29.8 Å². The van der Waals surface area contributed by atoms with Crippen molar-refractivity contribution in [1.29, 1.82) is 0 Å². The number of amides is 1. The number of aryl methyl sites for hydroxylation is 1. The topological polar surface area (TPSA) is 66.9 Å². The number of para-hydroxylation sites is 1. The first-order valence-electron chi connectivity index (χ1n) is 7.29. The van der Waals surface area contributed by atoms with Crippen molar-refractivity contribution < 1.29 is 17.9 Å². The first-order chi connectivity index (χ1) is 10.4. The van der Waals surface area contributed by atoms with Gasteiger partial charge in [-0.15, -0.1) is 0 Å². The second-order valence-electron chi connectivity index (χ2n) is 5.45. The molecule has 0 radical (unpaired) electrons. The Bertz CT molecular complexity index is 630. The summed E-state index contributed by atoms with van der Waals surface area (Å²) in [6.45, 7) is 3.67. The van der Waals surface area contributed by atoms with E-state index in [-0.39, 0.29) is 12.5 Å². The van der Waals surface area contributed by atoms with Gasteiger partial charge in [-0.25, -0.2) is 12.7 Å². The molecular formula is C15H22N2O4S. The maximum atomic E-state index is 12.2. The smallest absolute Gasteiger partial charge is 0.260 e. The SMILES string of the molecule is Cc1ccccc1OCC(=O)N1CCCN(S(C)(=O)=O)CC1. The molecule has 7 heteroatoms. The summed E-state index contributed by atoms with van der Waals surface area (Å²) in [6.07, 6.45) is 1.84. The first kappa shape index (κ1) is 16.8. The van der Waals surface area contributed by atoms with Gasteiger partial charge in [-0.05, 0) is 25.0 Å². The predicted molar refractivity (Wildman–Crippen MR) is 84.3 cm³/mol. The molecule has 1 aromatic carbocycles. The molecule has 0 saturated carbocycles. The summed E-state index contributed by atoms with van der Waals surface area (Å²) in [5, 5.41) is 0. The molecule has 0 N–H and O–H groups in total. The maximum Gasteiger partial charge on any atom is 0.260 e. The summed E-state index contributed by atoms with van der Waals surface area (Å²) in [6, 6.07) is 7.54. The van der Waals surface area contributed by atoms with Crippen molar-refractivity contribution in [2.45, 2.75) is 13.3 Å². The van der Waals surface area contributed by atoms with Crippen LogP contribution in [0.3, 0.4) is 0 Å². The van der Waals surface area contributed by atoms with E-state index >= 15 is 0 Å². The van der Waals surface area contributed by atoms with Gasteiger partial charge in [0.2, 0.25) is 10.0 Å². The Morgan fingerprint density at radius 3 is 2.59 bits per heavy atom. The van der Waals surface area contributed by atoms with Crippen molar-refractivity contribution in [1.82, 2.24) is 9.21 Å². The minimum Gasteiger partial charge on any atom is -0.484 e. The van der Waals surface area contributed by atoms with Crippen LogP contribution in [0.5, 0.6) is 5.75 Å². The molecule has 1 heterocycles. The molecule has 0 spiro atoms. The molecule has 0 aliphatic carbocycles. The average Bonchev–Trinajstić information content (AvgIpc) is 2.71. The Labute approximate surface area is 131 Å². The van der Waals surface area contributed by atoms with Crippen LogP contribution >= 0.6 is 0 Å². The zero-order valence-corrected chi connectivity index (χ0v) is 13.8. The molecule has 2 rings (SSSR count). The number of carbonyl (C=O) groups excluding carboxylic acids is 1. The molecule has 1 aromatic rings. The molecule has 1 aliphatic rings. The number of nitrogens with zero attached hydrogens (tertiary/aromatic N) is 2. The van der Waals surface area contributed by atoms with Crippen LogP contribution in [0.1, 0.15) is 12.0 Å². The Kier molecular flexibility index (Phi) is 5.42. The lowest BCUT2D eigenvalue weighted by Crippen LogP contribution is -2.39. The number of sulfonamides is 1. The van der Waals surface area contributed by atoms with Crippen molar-refractivity contribution in [2.75, 3.05) is 39.0 Å². The second kappa shape index (κ2) is 7.11. The summed E-state index contributed by atoms with van der Waals surface area (Å²) < 4.78 is 30.1. The van der Waals surface area contributed by atoms with E-state index in [1.54, 1.807) is 4.90 Å². The van der Waals surface area contributed by atoms with Gasteiger partial charge in [0, 0.05) is 26.2 Å². The number of benzene rings is 1. The highest BCUT2D eigenvalue weighted by Gasteiger charge is 2.23. The lowest BCUT2D eigenvalue weighted by atomic mass is 10.2. The molecule has 22 heavy (non-hydrogen) atoms. The molecule has 122 valence electrons. The molecule has 0 bridgehead atoms.